The van der Waals surface area contributed by atoms with Gasteiger partial charge in [0.25, 0.3) is 0 Å². The van der Waals surface area contributed by atoms with Gasteiger partial charge in [-0.05, 0) is 36.2 Å². The summed E-state index contributed by atoms with van der Waals surface area (Å²) in [6.07, 6.45) is 0.839. The second kappa shape index (κ2) is 11.2. The highest BCUT2D eigenvalue weighted by Crippen LogP contribution is 2.19. The summed E-state index contributed by atoms with van der Waals surface area (Å²) in [5, 5.41) is 2.71. The molecule has 1 N–H and O–H groups in total. The molecule has 0 radical (unpaired) electrons. The molecule has 0 aliphatic rings. The number of hydrogen-bond acceptors (Lipinski definition) is 5. The Kier molecular flexibility index (Phi) is 8.68. The van der Waals surface area contributed by atoms with Gasteiger partial charge in [0.05, 0.1) is 6.42 Å². The third kappa shape index (κ3) is 7.92. The van der Waals surface area contributed by atoms with Crippen LogP contribution in [0.4, 0.5) is 4.39 Å². The van der Waals surface area contributed by atoms with Crippen LogP contribution < -0.4 is 5.32 Å². The second-order valence-electron chi connectivity index (χ2n) is 6.07. The standard InChI is InChI=1S/C21H22FNO4S/c1-15(24)23-12-10-16-2-4-17(5-3-16)20(25)14-27-21(26)11-13-28-19-8-6-18(22)7-9-19/h2-9H,10-14H2,1H3,(H,23,24). The molecule has 5 nitrogen and oxygen atoms in total. The van der Waals surface area contributed by atoms with Crippen molar-refractivity contribution >= 4 is 29.4 Å². The Morgan fingerprint density at radius 3 is 2.36 bits per heavy atom. The molecule has 0 spiro atoms. The first kappa shape index (κ1) is 21.6. The van der Waals surface area contributed by atoms with Crippen molar-refractivity contribution in [3.8, 4) is 0 Å². The average Bonchev–Trinajstić information content (AvgIpc) is 2.68. The van der Waals surface area contributed by atoms with Crippen LogP contribution in [0.1, 0.15) is 29.3 Å². The van der Waals surface area contributed by atoms with E-state index in [2.05, 4.69) is 5.32 Å². The van der Waals surface area contributed by atoms with Crippen LogP contribution in [0.25, 0.3) is 0 Å². The maximum Gasteiger partial charge on any atom is 0.307 e. The Morgan fingerprint density at radius 1 is 1.04 bits per heavy atom. The summed E-state index contributed by atoms with van der Waals surface area (Å²) in [6.45, 7) is 1.70. The molecule has 0 bridgehead atoms. The maximum absolute atomic E-state index is 12.8. The number of amides is 1. The largest absolute Gasteiger partial charge is 0.457 e. The van der Waals surface area contributed by atoms with Crippen molar-refractivity contribution in [2.24, 2.45) is 0 Å². The van der Waals surface area contributed by atoms with E-state index in [4.69, 9.17) is 4.74 Å². The Morgan fingerprint density at radius 2 is 1.71 bits per heavy atom. The lowest BCUT2D eigenvalue weighted by Gasteiger charge is -2.06. The summed E-state index contributed by atoms with van der Waals surface area (Å²) >= 11 is 1.42. The molecule has 28 heavy (non-hydrogen) atoms. The molecule has 2 aromatic carbocycles. The smallest absolute Gasteiger partial charge is 0.307 e. The number of benzene rings is 2. The summed E-state index contributed by atoms with van der Waals surface area (Å²) in [6, 6.07) is 13.0. The van der Waals surface area contributed by atoms with Crippen molar-refractivity contribution < 1.29 is 23.5 Å². The van der Waals surface area contributed by atoms with Crippen molar-refractivity contribution in [3.05, 3.63) is 65.5 Å². The number of nitrogens with one attached hydrogen (secondary N) is 1. The molecular weight excluding hydrogens is 381 g/mol. The molecule has 0 aliphatic heterocycles. The van der Waals surface area contributed by atoms with Gasteiger partial charge >= 0.3 is 5.97 Å². The summed E-state index contributed by atoms with van der Waals surface area (Å²) in [5.74, 6) is -0.614. The summed E-state index contributed by atoms with van der Waals surface area (Å²) < 4.78 is 17.9. The van der Waals surface area contributed by atoms with Gasteiger partial charge in [0, 0.05) is 29.7 Å². The summed E-state index contributed by atoms with van der Waals surface area (Å²) in [4.78, 5) is 35.6. The third-order valence-corrected chi connectivity index (χ3v) is 4.83. The van der Waals surface area contributed by atoms with Gasteiger partial charge in [0.2, 0.25) is 5.91 Å². The van der Waals surface area contributed by atoms with Gasteiger partial charge in [0.15, 0.2) is 12.4 Å². The lowest BCUT2D eigenvalue weighted by Crippen LogP contribution is -2.22. The molecular formula is C21H22FNO4S. The number of hydrogen-bond donors (Lipinski definition) is 1. The number of rotatable bonds is 10. The van der Waals surface area contributed by atoms with Crippen molar-refractivity contribution in [2.75, 3.05) is 18.9 Å². The van der Waals surface area contributed by atoms with Crippen LogP contribution in [0.15, 0.2) is 53.4 Å². The van der Waals surface area contributed by atoms with Crippen LogP contribution >= 0.6 is 11.8 Å². The molecule has 0 aliphatic carbocycles. The van der Waals surface area contributed by atoms with E-state index in [1.807, 2.05) is 12.1 Å². The fraction of sp³-hybridized carbons (Fsp3) is 0.286. The number of Topliss-reactive ketones (excluding diaryl/α,β-unsaturated/α-hetero) is 1. The van der Waals surface area contributed by atoms with Gasteiger partial charge in [-0.3, -0.25) is 14.4 Å². The fourth-order valence-electron chi connectivity index (χ4n) is 2.32. The monoisotopic (exact) mass is 403 g/mol. The number of ether oxygens (including phenoxy) is 1. The molecule has 2 rings (SSSR count). The maximum atomic E-state index is 12.8. The number of carbonyl (C=O) groups is 3. The number of halogens is 1. The van der Waals surface area contributed by atoms with E-state index in [9.17, 15) is 18.8 Å². The minimum atomic E-state index is -0.449. The Balaban J connectivity index is 1.68. The van der Waals surface area contributed by atoms with Gasteiger partial charge in [-0.2, -0.15) is 0 Å². The summed E-state index contributed by atoms with van der Waals surface area (Å²) in [7, 11) is 0. The summed E-state index contributed by atoms with van der Waals surface area (Å²) in [5.41, 5.74) is 1.47. The van der Waals surface area contributed by atoms with Gasteiger partial charge in [-0.15, -0.1) is 11.8 Å². The van der Waals surface area contributed by atoms with Gasteiger partial charge < -0.3 is 10.1 Å². The number of esters is 1. The van der Waals surface area contributed by atoms with Crippen LogP contribution in [0, 0.1) is 5.82 Å². The molecule has 0 saturated heterocycles. The molecule has 1 amide bonds. The zero-order valence-electron chi connectivity index (χ0n) is 15.6. The molecule has 0 fully saturated rings. The SMILES string of the molecule is CC(=O)NCCc1ccc(C(=O)COC(=O)CCSc2ccc(F)cc2)cc1. The first-order valence-electron chi connectivity index (χ1n) is 8.84. The number of thioether (sulfide) groups is 1. The Hall–Kier alpha value is -2.67. The molecule has 0 saturated carbocycles. The van der Waals surface area contributed by atoms with E-state index in [1.165, 1.54) is 30.8 Å². The van der Waals surface area contributed by atoms with Crippen LogP contribution in [0.2, 0.25) is 0 Å². The third-order valence-electron chi connectivity index (χ3n) is 3.82. The lowest BCUT2D eigenvalue weighted by atomic mass is 10.1. The van der Waals surface area contributed by atoms with E-state index in [0.29, 0.717) is 24.3 Å². The highest BCUT2D eigenvalue weighted by atomic mass is 32.2. The molecule has 7 heteroatoms. The molecule has 0 aromatic heterocycles. The Labute approximate surface area is 167 Å². The molecule has 0 unspecified atom stereocenters. The van der Waals surface area contributed by atoms with E-state index in [-0.39, 0.29) is 30.5 Å². The van der Waals surface area contributed by atoms with Crippen LogP contribution in [0.5, 0.6) is 0 Å². The van der Waals surface area contributed by atoms with Crippen molar-refractivity contribution in [2.45, 2.75) is 24.7 Å². The van der Waals surface area contributed by atoms with Crippen LogP contribution in [-0.2, 0) is 20.7 Å². The molecule has 148 valence electrons. The Bertz CT molecular complexity index is 806. The van der Waals surface area contributed by atoms with E-state index >= 15 is 0 Å². The van der Waals surface area contributed by atoms with Crippen molar-refractivity contribution in [3.63, 3.8) is 0 Å². The van der Waals surface area contributed by atoms with E-state index in [0.717, 1.165) is 10.5 Å². The minimum Gasteiger partial charge on any atom is -0.457 e. The normalized spacial score (nSPS) is 10.4. The zero-order valence-corrected chi connectivity index (χ0v) is 16.4. The highest BCUT2D eigenvalue weighted by molar-refractivity contribution is 7.99. The molecule has 0 atom stereocenters. The van der Waals surface area contributed by atoms with Crippen molar-refractivity contribution in [1.29, 1.82) is 0 Å². The number of ketones is 1. The molecule has 0 heterocycles. The quantitative estimate of drug-likeness (QED) is 0.374. The van der Waals surface area contributed by atoms with E-state index in [1.54, 1.807) is 24.3 Å². The highest BCUT2D eigenvalue weighted by Gasteiger charge is 2.10. The molecule has 2 aromatic rings. The van der Waals surface area contributed by atoms with E-state index < -0.39 is 5.97 Å². The van der Waals surface area contributed by atoms with Gasteiger partial charge in [-0.1, -0.05) is 24.3 Å². The fourth-order valence-corrected chi connectivity index (χ4v) is 3.16. The predicted molar refractivity (Wildman–Crippen MR) is 106 cm³/mol. The van der Waals surface area contributed by atoms with Crippen molar-refractivity contribution in [1.82, 2.24) is 5.32 Å². The first-order valence-corrected chi connectivity index (χ1v) is 9.83. The topological polar surface area (TPSA) is 72.5 Å². The average molecular weight is 403 g/mol. The minimum absolute atomic E-state index is 0.0790. The predicted octanol–water partition coefficient (Wildman–Crippen LogP) is 3.41. The van der Waals surface area contributed by atoms with Crippen LogP contribution in [0.3, 0.4) is 0 Å². The van der Waals surface area contributed by atoms with Crippen LogP contribution in [-0.4, -0.2) is 36.6 Å². The zero-order chi connectivity index (χ0) is 20.4. The first-order chi connectivity index (χ1) is 13.4. The van der Waals surface area contributed by atoms with Gasteiger partial charge in [-0.25, -0.2) is 4.39 Å². The second-order valence-corrected chi connectivity index (χ2v) is 7.23. The van der Waals surface area contributed by atoms with Gasteiger partial charge in [0.1, 0.15) is 5.82 Å². The lowest BCUT2D eigenvalue weighted by molar-refractivity contribution is -0.142. The number of carbonyl (C=O) groups excluding carboxylic acids is 3.